The van der Waals surface area contributed by atoms with Crippen LogP contribution in [-0.4, -0.2) is 17.6 Å². The molecule has 0 radical (unpaired) electrons. The van der Waals surface area contributed by atoms with Crippen LogP contribution in [0, 0.1) is 11.3 Å². The van der Waals surface area contributed by atoms with Crippen LogP contribution in [0.1, 0.15) is 6.92 Å². The summed E-state index contributed by atoms with van der Waals surface area (Å²) in [7, 11) is 0. The van der Waals surface area contributed by atoms with Crippen molar-refractivity contribution in [3.8, 4) is 11.9 Å². The van der Waals surface area contributed by atoms with Crippen LogP contribution in [0.25, 0.3) is 11.1 Å². The molecule has 0 fully saturated rings. The second-order valence-electron chi connectivity index (χ2n) is 2.30. The van der Waals surface area contributed by atoms with Gasteiger partial charge in [0, 0.05) is 17.2 Å². The number of aromatic nitrogens is 2. The van der Waals surface area contributed by atoms with E-state index in [0.717, 1.165) is 0 Å². The Labute approximate surface area is 81.4 Å². The Hall–Kier alpha value is -2.18. The molecule has 1 aromatic heterocycles. The van der Waals surface area contributed by atoms with Crippen LogP contribution in [-0.2, 0) is 0 Å². The molecule has 0 amide bonds. The summed E-state index contributed by atoms with van der Waals surface area (Å²) in [4.78, 5) is 0. The first-order valence-electron chi connectivity index (χ1n) is 4.01. The summed E-state index contributed by atoms with van der Waals surface area (Å²) in [5, 5.41) is 21.1. The first-order valence-corrected chi connectivity index (χ1v) is 4.01. The van der Waals surface area contributed by atoms with Crippen LogP contribution in [0.3, 0.4) is 0 Å². The largest absolute Gasteiger partial charge is 0.757 e. The lowest BCUT2D eigenvalue weighted by Gasteiger charge is -1.97. The molecule has 5 heteroatoms. The van der Waals surface area contributed by atoms with Gasteiger partial charge in [-0.15, -0.1) is 0 Å². The van der Waals surface area contributed by atoms with E-state index in [9.17, 15) is 0 Å². The Morgan fingerprint density at radius 2 is 2.57 bits per heavy atom. The Bertz CT molecular complexity index is 415. The SMILES string of the molecule is CCOc1ccc[n+](C(=C=[N-])C#N)n1. The minimum absolute atomic E-state index is 0.0912. The molecule has 0 unspecified atom stereocenters. The topological polar surface area (TPSA) is 72.1 Å². The summed E-state index contributed by atoms with van der Waals surface area (Å²) in [5.41, 5.74) is -0.0912. The average Bonchev–Trinajstić information content (AvgIpc) is 2.21. The van der Waals surface area contributed by atoms with Crippen LogP contribution in [0.4, 0.5) is 0 Å². The normalized spacial score (nSPS) is 8.57. The van der Waals surface area contributed by atoms with E-state index in [0.29, 0.717) is 12.5 Å². The molecular weight excluding hydrogens is 180 g/mol. The molecule has 1 heterocycles. The van der Waals surface area contributed by atoms with Gasteiger partial charge in [0.2, 0.25) is 6.20 Å². The van der Waals surface area contributed by atoms with Crippen molar-refractivity contribution in [2.45, 2.75) is 6.92 Å². The molecule has 0 spiro atoms. The van der Waals surface area contributed by atoms with E-state index in [4.69, 9.17) is 15.4 Å². The maximum atomic E-state index is 8.59. The summed E-state index contributed by atoms with van der Waals surface area (Å²) in [5.74, 6) is 2.12. The first-order chi connectivity index (χ1) is 6.81. The van der Waals surface area contributed by atoms with Gasteiger partial charge in [0.25, 0.3) is 5.88 Å². The Morgan fingerprint density at radius 3 is 3.14 bits per heavy atom. The van der Waals surface area contributed by atoms with Gasteiger partial charge in [0.15, 0.2) is 6.07 Å². The third-order valence-electron chi connectivity index (χ3n) is 1.41. The molecule has 0 N–H and O–H groups in total. The van der Waals surface area contributed by atoms with Gasteiger partial charge in [-0.3, -0.25) is 0 Å². The van der Waals surface area contributed by atoms with Crippen molar-refractivity contribution in [2.24, 2.45) is 0 Å². The fourth-order valence-corrected chi connectivity index (χ4v) is 0.857. The number of ether oxygens (including phenoxy) is 1. The molecule has 0 aromatic carbocycles. The van der Waals surface area contributed by atoms with Crippen LogP contribution in [0.5, 0.6) is 5.88 Å². The number of hydrogen-bond acceptors (Lipinski definition) is 3. The van der Waals surface area contributed by atoms with Gasteiger partial charge in [0.1, 0.15) is 0 Å². The quantitative estimate of drug-likeness (QED) is 0.391. The number of rotatable bonds is 3. The van der Waals surface area contributed by atoms with E-state index in [1.54, 1.807) is 24.1 Å². The van der Waals surface area contributed by atoms with Crippen LogP contribution >= 0.6 is 0 Å². The van der Waals surface area contributed by atoms with Crippen LogP contribution < -0.4 is 9.42 Å². The number of hydrogen-bond donors (Lipinski definition) is 0. The third kappa shape index (κ3) is 2.16. The average molecular weight is 188 g/mol. The fourth-order valence-electron chi connectivity index (χ4n) is 0.857. The zero-order chi connectivity index (χ0) is 10.4. The van der Waals surface area contributed by atoms with E-state index in [-0.39, 0.29) is 5.70 Å². The van der Waals surface area contributed by atoms with Crippen molar-refractivity contribution in [3.05, 3.63) is 23.7 Å². The highest BCUT2D eigenvalue weighted by molar-refractivity contribution is 5.83. The van der Waals surface area contributed by atoms with E-state index in [1.165, 1.54) is 10.9 Å². The number of nitrogens with zero attached hydrogens (tertiary/aromatic N) is 4. The monoisotopic (exact) mass is 188 g/mol. The highest BCUT2D eigenvalue weighted by atomic mass is 16.5. The number of allylic oxidation sites excluding steroid dienone is 1. The van der Waals surface area contributed by atoms with E-state index in [1.807, 2.05) is 6.92 Å². The van der Waals surface area contributed by atoms with Crippen molar-refractivity contribution in [1.82, 2.24) is 5.10 Å². The molecule has 1 rings (SSSR count). The minimum Gasteiger partial charge on any atom is -0.757 e. The molecule has 0 aliphatic rings. The smallest absolute Gasteiger partial charge is 0.335 e. The maximum absolute atomic E-state index is 8.59. The highest BCUT2D eigenvalue weighted by Gasteiger charge is 2.10. The highest BCUT2D eigenvalue weighted by Crippen LogP contribution is 2.00. The summed E-state index contributed by atoms with van der Waals surface area (Å²) in [6, 6.07) is 5.06. The summed E-state index contributed by atoms with van der Waals surface area (Å²) >= 11 is 0. The second kappa shape index (κ2) is 4.75. The molecule has 0 saturated carbocycles. The van der Waals surface area contributed by atoms with E-state index in [2.05, 4.69) is 5.10 Å². The van der Waals surface area contributed by atoms with Crippen molar-refractivity contribution < 1.29 is 9.42 Å². The molecule has 70 valence electrons. The van der Waals surface area contributed by atoms with E-state index >= 15 is 0 Å². The zero-order valence-corrected chi connectivity index (χ0v) is 7.64. The van der Waals surface area contributed by atoms with Gasteiger partial charge < -0.3 is 10.1 Å². The molecule has 0 aliphatic heterocycles. The third-order valence-corrected chi connectivity index (χ3v) is 1.41. The zero-order valence-electron chi connectivity index (χ0n) is 7.64. The molecule has 0 aliphatic carbocycles. The van der Waals surface area contributed by atoms with Crippen molar-refractivity contribution in [3.63, 3.8) is 0 Å². The summed E-state index contributed by atoms with van der Waals surface area (Å²) in [6.45, 7) is 2.32. The molecule has 0 atom stereocenters. The Morgan fingerprint density at radius 1 is 1.79 bits per heavy atom. The summed E-state index contributed by atoms with van der Waals surface area (Å²) in [6.07, 6.45) is 1.52. The lowest BCUT2D eigenvalue weighted by Crippen LogP contribution is -2.36. The van der Waals surface area contributed by atoms with E-state index < -0.39 is 0 Å². The fraction of sp³-hybridized carbons (Fsp3) is 0.222. The predicted molar refractivity (Wildman–Crippen MR) is 49.3 cm³/mol. The second-order valence-corrected chi connectivity index (χ2v) is 2.30. The number of nitriles is 1. The van der Waals surface area contributed by atoms with Crippen molar-refractivity contribution in [2.75, 3.05) is 6.61 Å². The molecule has 14 heavy (non-hydrogen) atoms. The first kappa shape index (κ1) is 9.90. The van der Waals surface area contributed by atoms with Gasteiger partial charge in [-0.2, -0.15) is 11.1 Å². The lowest BCUT2D eigenvalue weighted by atomic mass is 10.5. The van der Waals surface area contributed by atoms with Gasteiger partial charge in [-0.1, -0.05) is 0 Å². The van der Waals surface area contributed by atoms with Gasteiger partial charge in [-0.05, 0) is 11.6 Å². The van der Waals surface area contributed by atoms with Crippen molar-refractivity contribution in [1.29, 1.82) is 5.26 Å². The molecule has 0 saturated heterocycles. The van der Waals surface area contributed by atoms with Crippen LogP contribution in [0.15, 0.2) is 18.3 Å². The van der Waals surface area contributed by atoms with Gasteiger partial charge in [-0.25, -0.2) is 0 Å². The minimum atomic E-state index is -0.0912. The molecule has 1 aromatic rings. The van der Waals surface area contributed by atoms with Crippen LogP contribution in [0.2, 0.25) is 0 Å². The molecule has 0 bridgehead atoms. The molecule has 5 nitrogen and oxygen atoms in total. The lowest BCUT2D eigenvalue weighted by molar-refractivity contribution is -0.642. The Kier molecular flexibility index (Phi) is 3.36. The van der Waals surface area contributed by atoms with Gasteiger partial charge in [0.05, 0.1) is 6.61 Å². The summed E-state index contributed by atoms with van der Waals surface area (Å²) < 4.78 is 6.31. The predicted octanol–water partition coefficient (Wildman–Crippen LogP) is 0.371. The van der Waals surface area contributed by atoms with Gasteiger partial charge >= 0.3 is 5.70 Å². The maximum Gasteiger partial charge on any atom is 0.335 e. The Balaban J connectivity index is 3.06. The molecular formula is C9H8N4O. The van der Waals surface area contributed by atoms with Crippen molar-refractivity contribution >= 4 is 11.6 Å². The standard InChI is InChI=1S/C9H8N4O/c1-2-14-9-4-3-5-13(12-9)8(6-10)7-11/h3-5H,2H2,1H3.